The maximum Gasteiger partial charge on any atom is 0.0322 e. The first-order chi connectivity index (χ1) is 8.33. The van der Waals surface area contributed by atoms with Gasteiger partial charge in [-0.05, 0) is 49.3 Å². The molecule has 1 aromatic carbocycles. The van der Waals surface area contributed by atoms with E-state index in [-0.39, 0.29) is 0 Å². The summed E-state index contributed by atoms with van der Waals surface area (Å²) in [5, 5.41) is 6.98. The monoisotopic (exact) mass is 230 g/mol. The summed E-state index contributed by atoms with van der Waals surface area (Å²) in [5.41, 5.74) is 4.63. The van der Waals surface area contributed by atoms with Crippen molar-refractivity contribution < 1.29 is 0 Å². The van der Waals surface area contributed by atoms with Crippen LogP contribution in [0.25, 0.3) is 0 Å². The predicted molar refractivity (Wildman–Crippen MR) is 71.3 cm³/mol. The highest BCUT2D eigenvalue weighted by Gasteiger charge is 2.19. The Kier molecular flexibility index (Phi) is 3.17. The second-order valence-corrected chi connectivity index (χ2v) is 5.48. The quantitative estimate of drug-likeness (QED) is 0.832. The van der Waals surface area contributed by atoms with Crippen molar-refractivity contribution in [1.82, 2.24) is 10.6 Å². The van der Waals surface area contributed by atoms with Gasteiger partial charge in [0.25, 0.3) is 0 Å². The smallest absolute Gasteiger partial charge is 0.0322 e. The van der Waals surface area contributed by atoms with E-state index in [1.165, 1.54) is 31.2 Å². The van der Waals surface area contributed by atoms with Crippen molar-refractivity contribution in [1.29, 1.82) is 0 Å². The van der Waals surface area contributed by atoms with Crippen LogP contribution in [0.4, 0.5) is 0 Å². The predicted octanol–water partition coefficient (Wildman–Crippen LogP) is 2.19. The lowest BCUT2D eigenvalue weighted by Crippen LogP contribution is -2.55. The summed E-state index contributed by atoms with van der Waals surface area (Å²) in [6.45, 7) is 4.52. The zero-order valence-electron chi connectivity index (χ0n) is 10.6. The maximum atomic E-state index is 3.68. The number of hydrogen-bond donors (Lipinski definition) is 2. The van der Waals surface area contributed by atoms with Crippen LogP contribution in [0.15, 0.2) is 18.2 Å². The van der Waals surface area contributed by atoms with Crippen molar-refractivity contribution in [3.05, 3.63) is 34.9 Å². The average Bonchev–Trinajstić information content (AvgIpc) is 2.33. The van der Waals surface area contributed by atoms with Crippen LogP contribution in [-0.4, -0.2) is 19.1 Å². The molecule has 1 saturated heterocycles. The largest absolute Gasteiger partial charge is 0.314 e. The summed E-state index contributed by atoms with van der Waals surface area (Å²) in [6.07, 6.45) is 5.30. The van der Waals surface area contributed by atoms with Crippen LogP contribution >= 0.6 is 0 Å². The van der Waals surface area contributed by atoms with Gasteiger partial charge in [0, 0.05) is 25.2 Å². The molecule has 0 amide bonds. The van der Waals surface area contributed by atoms with Gasteiger partial charge in [0.15, 0.2) is 0 Å². The Hall–Kier alpha value is -0.860. The molecule has 0 saturated carbocycles. The van der Waals surface area contributed by atoms with Crippen molar-refractivity contribution in [2.45, 2.75) is 44.7 Å². The van der Waals surface area contributed by atoms with Gasteiger partial charge in [-0.3, -0.25) is 0 Å². The van der Waals surface area contributed by atoms with E-state index in [4.69, 9.17) is 0 Å². The van der Waals surface area contributed by atoms with Gasteiger partial charge in [0.2, 0.25) is 0 Å². The number of nitrogens with one attached hydrogen (secondary N) is 2. The van der Waals surface area contributed by atoms with Crippen LogP contribution in [0.1, 0.15) is 42.5 Å². The Labute approximate surface area is 104 Å². The van der Waals surface area contributed by atoms with Crippen LogP contribution in [0.3, 0.4) is 0 Å². The number of fused-ring (bicyclic) bond motifs is 1. The number of rotatable bonds is 3. The summed E-state index contributed by atoms with van der Waals surface area (Å²) < 4.78 is 0. The van der Waals surface area contributed by atoms with E-state index in [0.717, 1.165) is 13.1 Å². The van der Waals surface area contributed by atoms with Crippen LogP contribution < -0.4 is 10.6 Å². The molecule has 1 heterocycles. The summed E-state index contributed by atoms with van der Waals surface area (Å²) in [4.78, 5) is 0. The summed E-state index contributed by atoms with van der Waals surface area (Å²) in [6, 6.07) is 8.24. The Bertz CT molecular complexity index is 396. The van der Waals surface area contributed by atoms with Gasteiger partial charge >= 0.3 is 0 Å². The first kappa shape index (κ1) is 11.2. The van der Waals surface area contributed by atoms with Crippen molar-refractivity contribution in [3.63, 3.8) is 0 Å². The molecule has 92 valence electrons. The summed E-state index contributed by atoms with van der Waals surface area (Å²) >= 11 is 0. The molecule has 1 fully saturated rings. The van der Waals surface area contributed by atoms with E-state index in [0.29, 0.717) is 12.1 Å². The molecule has 0 aromatic heterocycles. The molecule has 1 unspecified atom stereocenters. The van der Waals surface area contributed by atoms with E-state index in [2.05, 4.69) is 35.8 Å². The molecule has 17 heavy (non-hydrogen) atoms. The molecule has 0 spiro atoms. The molecule has 3 rings (SSSR count). The van der Waals surface area contributed by atoms with E-state index in [9.17, 15) is 0 Å². The third kappa shape index (κ3) is 2.38. The van der Waals surface area contributed by atoms with Gasteiger partial charge in [-0.2, -0.15) is 0 Å². The van der Waals surface area contributed by atoms with Crippen molar-refractivity contribution in [2.75, 3.05) is 13.1 Å². The van der Waals surface area contributed by atoms with Crippen molar-refractivity contribution in [2.24, 2.45) is 0 Å². The fourth-order valence-corrected chi connectivity index (χ4v) is 2.88. The van der Waals surface area contributed by atoms with Gasteiger partial charge < -0.3 is 10.6 Å². The van der Waals surface area contributed by atoms with Gasteiger partial charge in [0.05, 0.1) is 0 Å². The Morgan fingerprint density at radius 1 is 1.18 bits per heavy atom. The lowest BCUT2D eigenvalue weighted by atomic mass is 9.89. The normalized spacial score (nSPS) is 21.7. The molecule has 1 atom stereocenters. The molecule has 2 N–H and O–H groups in total. The first-order valence-corrected chi connectivity index (χ1v) is 6.91. The van der Waals surface area contributed by atoms with E-state index in [1.54, 1.807) is 11.1 Å². The highest BCUT2D eigenvalue weighted by Crippen LogP contribution is 2.25. The summed E-state index contributed by atoms with van der Waals surface area (Å²) in [7, 11) is 0. The molecule has 0 radical (unpaired) electrons. The zero-order valence-corrected chi connectivity index (χ0v) is 10.6. The van der Waals surface area contributed by atoms with Crippen LogP contribution in [0.5, 0.6) is 0 Å². The van der Waals surface area contributed by atoms with Crippen molar-refractivity contribution in [3.8, 4) is 0 Å². The van der Waals surface area contributed by atoms with E-state index in [1.807, 2.05) is 0 Å². The van der Waals surface area contributed by atoms with Gasteiger partial charge in [-0.1, -0.05) is 18.2 Å². The lowest BCUT2D eigenvalue weighted by molar-refractivity contribution is 0.338. The Balaban J connectivity index is 1.73. The standard InChI is InChI=1S/C15H22N2/c1-11(17-15-9-16-10-15)13-7-6-12-4-2-3-5-14(12)8-13/h6-8,11,15-17H,2-5,9-10H2,1H3. The topological polar surface area (TPSA) is 24.1 Å². The molecule has 2 heteroatoms. The Morgan fingerprint density at radius 2 is 1.94 bits per heavy atom. The fraction of sp³-hybridized carbons (Fsp3) is 0.600. The highest BCUT2D eigenvalue weighted by atomic mass is 15.1. The first-order valence-electron chi connectivity index (χ1n) is 6.91. The van der Waals surface area contributed by atoms with E-state index >= 15 is 0 Å². The number of benzene rings is 1. The minimum absolute atomic E-state index is 0.481. The molecule has 1 aromatic rings. The fourth-order valence-electron chi connectivity index (χ4n) is 2.88. The van der Waals surface area contributed by atoms with Crippen LogP contribution in [-0.2, 0) is 12.8 Å². The maximum absolute atomic E-state index is 3.68. The third-order valence-corrected chi connectivity index (χ3v) is 4.14. The zero-order chi connectivity index (χ0) is 11.7. The van der Waals surface area contributed by atoms with Crippen molar-refractivity contribution >= 4 is 0 Å². The molecule has 2 nitrogen and oxygen atoms in total. The van der Waals surface area contributed by atoms with Crippen LogP contribution in [0.2, 0.25) is 0 Å². The SMILES string of the molecule is CC(NC1CNC1)c1ccc2c(c1)CCCC2. The second kappa shape index (κ2) is 4.79. The highest BCUT2D eigenvalue weighted by molar-refractivity contribution is 5.35. The third-order valence-electron chi connectivity index (χ3n) is 4.14. The van der Waals surface area contributed by atoms with Gasteiger partial charge in [-0.25, -0.2) is 0 Å². The van der Waals surface area contributed by atoms with Gasteiger partial charge in [-0.15, -0.1) is 0 Å². The molecule has 0 bridgehead atoms. The molecular weight excluding hydrogens is 208 g/mol. The average molecular weight is 230 g/mol. The summed E-state index contributed by atoms with van der Waals surface area (Å²) in [5.74, 6) is 0. The minimum atomic E-state index is 0.481. The molecule has 1 aliphatic heterocycles. The number of aryl methyl sites for hydroxylation is 2. The van der Waals surface area contributed by atoms with Crippen LogP contribution in [0, 0.1) is 0 Å². The number of hydrogen-bond acceptors (Lipinski definition) is 2. The van der Waals surface area contributed by atoms with Gasteiger partial charge in [0.1, 0.15) is 0 Å². The lowest BCUT2D eigenvalue weighted by Gasteiger charge is -2.31. The second-order valence-electron chi connectivity index (χ2n) is 5.48. The molecule has 2 aliphatic rings. The Morgan fingerprint density at radius 3 is 2.65 bits per heavy atom. The van der Waals surface area contributed by atoms with E-state index < -0.39 is 0 Å². The molecular formula is C15H22N2. The molecule has 1 aliphatic carbocycles. The minimum Gasteiger partial charge on any atom is -0.314 e.